The number of aliphatic hydroxyl groups excluding tert-OH is 1. The number of nitrogens with zero attached hydrogens (tertiary/aromatic N) is 4. The van der Waals surface area contributed by atoms with E-state index in [2.05, 4.69) is 32.1 Å². The van der Waals surface area contributed by atoms with E-state index >= 15 is 0 Å². The van der Waals surface area contributed by atoms with Crippen molar-refractivity contribution in [3.8, 4) is 0 Å². The number of ether oxygens (including phenoxy) is 1. The lowest BCUT2D eigenvalue weighted by atomic mass is 9.96. The molecule has 50 heavy (non-hydrogen) atoms. The van der Waals surface area contributed by atoms with Crippen molar-refractivity contribution in [3.63, 3.8) is 0 Å². The molecule has 5 amide bonds. The number of aliphatic hydroxyl groups is 1. The Balaban J connectivity index is 1.85. The van der Waals surface area contributed by atoms with Gasteiger partial charge in [0.2, 0.25) is 17.7 Å². The summed E-state index contributed by atoms with van der Waals surface area (Å²) in [4.78, 5) is 88.1. The molecule has 4 aliphatic rings. The van der Waals surface area contributed by atoms with E-state index in [0.717, 1.165) is 0 Å². The number of likely N-dealkylation sites (N-methyl/N-ethyl adjacent to an activating group) is 1. The summed E-state index contributed by atoms with van der Waals surface area (Å²) in [5.41, 5.74) is 5.94. The van der Waals surface area contributed by atoms with E-state index in [-0.39, 0.29) is 49.0 Å². The zero-order valence-electron chi connectivity index (χ0n) is 30.6. The van der Waals surface area contributed by atoms with Gasteiger partial charge in [-0.05, 0) is 43.4 Å². The van der Waals surface area contributed by atoms with Crippen molar-refractivity contribution in [2.75, 3.05) is 26.7 Å². The number of rotatable bonds is 5. The van der Waals surface area contributed by atoms with Crippen molar-refractivity contribution in [2.24, 2.45) is 23.7 Å². The third-order valence-corrected chi connectivity index (χ3v) is 11.1. The van der Waals surface area contributed by atoms with Crippen LogP contribution in [0.15, 0.2) is 0 Å². The van der Waals surface area contributed by atoms with Gasteiger partial charge >= 0.3 is 5.97 Å². The van der Waals surface area contributed by atoms with Gasteiger partial charge in [-0.15, -0.1) is 0 Å². The molecule has 4 heterocycles. The molecular formula is C34H56BrN7O8. The second-order valence-electron chi connectivity index (χ2n) is 15.3. The zero-order valence-corrected chi connectivity index (χ0v) is 32.1. The summed E-state index contributed by atoms with van der Waals surface area (Å²) in [5.74, 6) is -4.39. The highest BCUT2D eigenvalue weighted by atomic mass is 79.9. The molecule has 4 fully saturated rings. The summed E-state index contributed by atoms with van der Waals surface area (Å²) < 4.78 is 5.95. The molecule has 4 rings (SSSR count). The van der Waals surface area contributed by atoms with Crippen LogP contribution in [-0.2, 0) is 33.5 Å². The molecule has 0 radical (unpaired) electrons. The second kappa shape index (κ2) is 16.7. The standard InChI is InChI=1S/C34H56BrN7O8/c1-9-20(7)28-33(48)42-25(12-21(35)14-36-42)32(47)41-26(13-22(43)15-37-41)30(45)39(8)24(10-17(2)3)31(46)40-16-19(6)11-23(40)29(44)38-27(18(4)5)34(49)50-28/h17-28,36-37,43H,9-16H2,1-8H3,(H,38,44). The predicted molar refractivity (Wildman–Crippen MR) is 187 cm³/mol. The topological polar surface area (TPSA) is 181 Å². The van der Waals surface area contributed by atoms with Crippen LogP contribution < -0.4 is 16.2 Å². The van der Waals surface area contributed by atoms with Crippen LogP contribution in [0.25, 0.3) is 0 Å². The van der Waals surface area contributed by atoms with Gasteiger partial charge in [0, 0.05) is 43.8 Å². The van der Waals surface area contributed by atoms with Gasteiger partial charge in [0.1, 0.15) is 30.2 Å². The number of hydrogen-bond donors (Lipinski definition) is 4. The lowest BCUT2D eigenvalue weighted by molar-refractivity contribution is -0.175. The first kappa shape index (κ1) is 40.0. The maximum Gasteiger partial charge on any atom is 0.329 e. The molecule has 0 aromatic heterocycles. The summed E-state index contributed by atoms with van der Waals surface area (Å²) in [7, 11) is 1.51. The highest BCUT2D eigenvalue weighted by Gasteiger charge is 2.49. The smallest absolute Gasteiger partial charge is 0.329 e. The molecule has 10 unspecified atom stereocenters. The van der Waals surface area contributed by atoms with Crippen LogP contribution >= 0.6 is 15.9 Å². The quantitative estimate of drug-likeness (QED) is 0.228. The van der Waals surface area contributed by atoms with E-state index in [9.17, 15) is 33.9 Å². The molecule has 0 saturated carbocycles. The van der Waals surface area contributed by atoms with E-state index in [1.54, 1.807) is 20.8 Å². The summed E-state index contributed by atoms with van der Waals surface area (Å²) in [5, 5.41) is 15.9. The van der Waals surface area contributed by atoms with Gasteiger partial charge in [-0.2, -0.15) is 0 Å². The highest BCUT2D eigenvalue weighted by Crippen LogP contribution is 2.29. The van der Waals surface area contributed by atoms with Gasteiger partial charge < -0.3 is 25.0 Å². The Kier molecular flexibility index (Phi) is 13.3. The molecule has 15 nitrogen and oxygen atoms in total. The minimum Gasteiger partial charge on any atom is -0.450 e. The first-order valence-electron chi connectivity index (χ1n) is 18.0. The van der Waals surface area contributed by atoms with E-state index in [0.29, 0.717) is 19.4 Å². The zero-order chi connectivity index (χ0) is 37.2. The van der Waals surface area contributed by atoms with Gasteiger partial charge in [-0.25, -0.2) is 15.6 Å². The molecule has 282 valence electrons. The predicted octanol–water partition coefficient (Wildman–Crippen LogP) is 0.544. The number of fused-ring (bicyclic) bond motifs is 3. The molecule has 16 heteroatoms. The molecule has 0 aliphatic carbocycles. The number of alkyl halides is 1. The number of halogens is 1. The molecule has 0 bridgehead atoms. The molecule has 4 aliphatic heterocycles. The SMILES string of the molecule is CCC(C)C1OC(=O)C(C(C)C)NC(=O)C2CC(C)CN2C(=O)C(CC(C)C)N(C)C(=O)C2CC(O)CNN2C(=O)C2CC(Br)CNN2C1=O. The van der Waals surface area contributed by atoms with Gasteiger partial charge in [-0.1, -0.05) is 64.4 Å². The van der Waals surface area contributed by atoms with Crippen LogP contribution in [0.3, 0.4) is 0 Å². The fourth-order valence-electron chi connectivity index (χ4n) is 7.24. The van der Waals surface area contributed by atoms with Gasteiger partial charge in [-0.3, -0.25) is 34.0 Å². The monoisotopic (exact) mass is 769 g/mol. The molecule has 0 aromatic carbocycles. The molecule has 0 spiro atoms. The van der Waals surface area contributed by atoms with Crippen molar-refractivity contribution in [2.45, 2.75) is 128 Å². The lowest BCUT2D eigenvalue weighted by Gasteiger charge is -2.45. The molecule has 10 atom stereocenters. The Hall–Kier alpha value is -2.82. The maximum absolute atomic E-state index is 14.5. The number of nitrogens with one attached hydrogen (secondary N) is 3. The Morgan fingerprint density at radius 2 is 1.48 bits per heavy atom. The third-order valence-electron chi connectivity index (χ3n) is 10.4. The number of β-amino-alcohol motifs (C(OH)–C–C–N with tert-alkyl or cyclic N) is 1. The fourth-order valence-corrected chi connectivity index (χ4v) is 7.74. The van der Waals surface area contributed by atoms with Crippen LogP contribution in [0, 0.1) is 23.7 Å². The van der Waals surface area contributed by atoms with E-state index in [1.807, 2.05) is 27.7 Å². The number of cyclic esters (lactones) is 1. The van der Waals surface area contributed by atoms with Crippen molar-refractivity contribution in [3.05, 3.63) is 0 Å². The molecule has 0 aromatic rings. The van der Waals surface area contributed by atoms with Crippen molar-refractivity contribution in [1.82, 2.24) is 36.0 Å². The van der Waals surface area contributed by atoms with E-state index in [4.69, 9.17) is 4.74 Å². The van der Waals surface area contributed by atoms with Crippen LogP contribution in [-0.4, -0.2) is 134 Å². The van der Waals surface area contributed by atoms with Crippen LogP contribution in [0.2, 0.25) is 0 Å². The number of amides is 5. The third kappa shape index (κ3) is 8.61. The Labute approximate surface area is 303 Å². The Bertz CT molecular complexity index is 1300. The van der Waals surface area contributed by atoms with Crippen molar-refractivity contribution in [1.29, 1.82) is 0 Å². The number of esters is 1. The van der Waals surface area contributed by atoms with Gasteiger partial charge in [0.25, 0.3) is 11.8 Å². The normalized spacial score (nSPS) is 34.6. The number of hydrazine groups is 2. The average molecular weight is 771 g/mol. The van der Waals surface area contributed by atoms with Gasteiger partial charge in [0.15, 0.2) is 6.10 Å². The number of hydrogen-bond acceptors (Lipinski definition) is 10. The minimum atomic E-state index is -1.29. The maximum atomic E-state index is 14.5. The summed E-state index contributed by atoms with van der Waals surface area (Å²) in [6, 6.07) is -5.30. The van der Waals surface area contributed by atoms with Gasteiger partial charge in [0.05, 0.1) is 6.10 Å². The van der Waals surface area contributed by atoms with Crippen LogP contribution in [0.5, 0.6) is 0 Å². The highest BCUT2D eigenvalue weighted by molar-refractivity contribution is 9.09. The summed E-state index contributed by atoms with van der Waals surface area (Å²) in [6.07, 6.45) is -1.04. The van der Waals surface area contributed by atoms with Crippen LogP contribution in [0.4, 0.5) is 0 Å². The second-order valence-corrected chi connectivity index (χ2v) is 16.6. The van der Waals surface area contributed by atoms with E-state index in [1.165, 1.54) is 26.9 Å². The van der Waals surface area contributed by atoms with Crippen molar-refractivity contribution < 1.29 is 38.6 Å². The molecule has 4 saturated heterocycles. The summed E-state index contributed by atoms with van der Waals surface area (Å²) in [6.45, 7) is 13.5. The first-order chi connectivity index (χ1) is 23.5. The number of carbonyl (C=O) groups excluding carboxylic acids is 6. The van der Waals surface area contributed by atoms with Crippen LogP contribution in [0.1, 0.15) is 80.6 Å². The first-order valence-corrected chi connectivity index (χ1v) is 18.9. The van der Waals surface area contributed by atoms with E-state index < -0.39 is 89.8 Å². The fraction of sp³-hybridized carbons (Fsp3) is 0.824. The largest absolute Gasteiger partial charge is 0.450 e. The van der Waals surface area contributed by atoms with Crippen molar-refractivity contribution >= 4 is 51.4 Å². The summed E-state index contributed by atoms with van der Waals surface area (Å²) >= 11 is 3.57. The average Bonchev–Trinajstić information content (AvgIpc) is 3.47. The Morgan fingerprint density at radius 3 is 2.10 bits per heavy atom. The Morgan fingerprint density at radius 1 is 0.860 bits per heavy atom. The minimum absolute atomic E-state index is 0.00835. The lowest BCUT2D eigenvalue weighted by Crippen LogP contribution is -2.70. The molecule has 4 N–H and O–H groups in total. The number of carbonyl (C=O) groups is 6. The molecular weight excluding hydrogens is 714 g/mol.